The van der Waals surface area contributed by atoms with Gasteiger partial charge in [-0.3, -0.25) is 0 Å². The molecule has 0 aromatic carbocycles. The topological polar surface area (TPSA) is 40.5 Å². The number of rotatable bonds is 7. The molecule has 0 fully saturated rings. The molecule has 82 valence electrons. The molecule has 1 unspecified atom stereocenters. The van der Waals surface area contributed by atoms with Crippen molar-refractivity contribution in [2.45, 2.75) is 39.5 Å². The molecule has 0 aliphatic carbocycles. The minimum absolute atomic E-state index is 0. The van der Waals surface area contributed by atoms with Crippen molar-refractivity contribution in [2.75, 3.05) is 5.75 Å². The van der Waals surface area contributed by atoms with Crippen molar-refractivity contribution in [3.63, 3.8) is 0 Å². The van der Waals surface area contributed by atoms with Crippen molar-refractivity contribution in [3.8, 4) is 0 Å². The van der Waals surface area contributed by atoms with Crippen LogP contribution in [-0.4, -0.2) is 15.5 Å². The molecule has 0 aromatic heterocycles. The van der Waals surface area contributed by atoms with Gasteiger partial charge in [0.1, 0.15) is 0 Å². The monoisotopic (exact) mass is 306 g/mol. The van der Waals surface area contributed by atoms with Gasteiger partial charge in [-0.25, -0.2) is 0 Å². The summed E-state index contributed by atoms with van der Waals surface area (Å²) in [6.07, 6.45) is 4.70. The van der Waals surface area contributed by atoms with Crippen molar-refractivity contribution in [3.05, 3.63) is 0 Å². The zero-order valence-corrected chi connectivity index (χ0v) is 14.5. The smallest absolute Gasteiger partial charge is 0.242 e. The van der Waals surface area contributed by atoms with Crippen molar-refractivity contribution >= 4 is 28.9 Å². The van der Waals surface area contributed by atoms with Crippen LogP contribution in [0.3, 0.4) is 0 Å². The Labute approximate surface area is 109 Å². The van der Waals surface area contributed by atoms with Crippen LogP contribution in [0, 0.1) is 5.92 Å². The number of unbranched alkanes of at least 4 members (excludes halogenated alkanes) is 1. The van der Waals surface area contributed by atoms with Gasteiger partial charge in [-0.05, 0) is 24.1 Å². The molecule has 0 heterocycles. The first kappa shape index (κ1) is 17.9. The Bertz CT molecular complexity index is 175. The maximum Gasteiger partial charge on any atom is 0.242 e. The number of hydrogen-bond acceptors (Lipinski definition) is 2. The van der Waals surface area contributed by atoms with Crippen molar-refractivity contribution in [2.24, 2.45) is 5.92 Å². The summed E-state index contributed by atoms with van der Waals surface area (Å²) < 4.78 is 0. The molecule has 0 bridgehead atoms. The van der Waals surface area contributed by atoms with Gasteiger partial charge < -0.3 is 9.79 Å². The third kappa shape index (κ3) is 11.6. The van der Waals surface area contributed by atoms with Gasteiger partial charge in [0, 0.05) is 25.2 Å². The zero-order valence-electron chi connectivity index (χ0n) is 8.98. The minimum atomic E-state index is -3.01. The normalized spacial score (nSPS) is 13.4. The first-order valence-electron chi connectivity index (χ1n) is 4.69. The summed E-state index contributed by atoms with van der Waals surface area (Å²) in [6, 6.07) is 0. The van der Waals surface area contributed by atoms with E-state index in [-0.39, 0.29) is 19.5 Å². The van der Waals surface area contributed by atoms with Crippen LogP contribution >= 0.6 is 17.1 Å². The Kier molecular flexibility index (Phi) is 12.5. The molecule has 0 rings (SSSR count). The Morgan fingerprint density at radius 3 is 2.29 bits per heavy atom. The van der Waals surface area contributed by atoms with Gasteiger partial charge in [0.15, 0.2) is 0 Å². The molecule has 1 atom stereocenters. The summed E-state index contributed by atoms with van der Waals surface area (Å²) in [5.41, 5.74) is -3.01. The van der Waals surface area contributed by atoms with Crippen LogP contribution in [0.4, 0.5) is 0 Å². The minimum Gasteiger partial charge on any atom is -0.338 e. The molecule has 14 heavy (non-hydrogen) atoms. The maximum absolute atomic E-state index is 9.03. The van der Waals surface area contributed by atoms with Crippen LogP contribution in [0.2, 0.25) is 0 Å². The van der Waals surface area contributed by atoms with E-state index in [2.05, 4.69) is 25.7 Å². The van der Waals surface area contributed by atoms with E-state index < -0.39 is 5.69 Å². The van der Waals surface area contributed by atoms with E-state index in [1.807, 2.05) is 0 Å². The molecule has 0 amide bonds. The zero-order chi connectivity index (χ0) is 10.3. The van der Waals surface area contributed by atoms with E-state index in [4.69, 9.17) is 9.79 Å². The van der Waals surface area contributed by atoms with Gasteiger partial charge >= 0.3 is 0 Å². The van der Waals surface area contributed by atoms with Crippen LogP contribution < -0.4 is 0 Å². The SMILES string of the molecule is CCCCC(CC)CSP(O)(O)=S.[Zn]. The quantitative estimate of drug-likeness (QED) is 0.560. The molecule has 0 radical (unpaired) electrons. The fraction of sp³-hybridized carbons (Fsp3) is 1.00. The van der Waals surface area contributed by atoms with Crippen LogP contribution in [0.25, 0.3) is 0 Å². The third-order valence-electron chi connectivity index (χ3n) is 2.02. The second-order valence-corrected chi connectivity index (χ2v) is 9.30. The Morgan fingerprint density at radius 2 is 1.93 bits per heavy atom. The van der Waals surface area contributed by atoms with Crippen LogP contribution in [0.1, 0.15) is 39.5 Å². The molecule has 0 aliphatic heterocycles. The van der Waals surface area contributed by atoms with E-state index in [1.165, 1.54) is 19.3 Å². The summed E-state index contributed by atoms with van der Waals surface area (Å²) in [5.74, 6) is 1.38. The van der Waals surface area contributed by atoms with Crippen molar-refractivity contribution < 1.29 is 29.3 Å². The van der Waals surface area contributed by atoms with Crippen LogP contribution in [0.15, 0.2) is 0 Å². The van der Waals surface area contributed by atoms with E-state index >= 15 is 0 Å². The number of hydrogen-bond donors (Lipinski definition) is 2. The van der Waals surface area contributed by atoms with Crippen LogP contribution in [-0.2, 0) is 31.3 Å². The molecule has 2 nitrogen and oxygen atoms in total. The third-order valence-corrected chi connectivity index (χ3v) is 5.38. The van der Waals surface area contributed by atoms with Gasteiger partial charge in [-0.2, -0.15) is 0 Å². The average Bonchev–Trinajstić information content (AvgIpc) is 2.03. The van der Waals surface area contributed by atoms with E-state index in [0.29, 0.717) is 5.92 Å². The molecule has 6 heteroatoms. The van der Waals surface area contributed by atoms with E-state index in [1.54, 1.807) is 0 Å². The van der Waals surface area contributed by atoms with Gasteiger partial charge in [0.25, 0.3) is 0 Å². The summed E-state index contributed by atoms with van der Waals surface area (Å²) >= 11 is 5.70. The molecule has 0 spiro atoms. The summed E-state index contributed by atoms with van der Waals surface area (Å²) in [6.45, 7) is 4.31. The molecule has 0 aromatic rings. The summed E-state index contributed by atoms with van der Waals surface area (Å²) in [4.78, 5) is 18.1. The molecule has 0 saturated carbocycles. The van der Waals surface area contributed by atoms with E-state index in [0.717, 1.165) is 23.6 Å². The Morgan fingerprint density at radius 1 is 1.36 bits per heavy atom. The summed E-state index contributed by atoms with van der Waals surface area (Å²) in [7, 11) is 0. The largest absolute Gasteiger partial charge is 0.338 e. The fourth-order valence-corrected chi connectivity index (χ4v) is 3.67. The second-order valence-electron chi connectivity index (χ2n) is 3.20. The first-order chi connectivity index (χ1) is 5.99. The first-order valence-corrected chi connectivity index (χ1v) is 8.99. The average molecular weight is 308 g/mol. The maximum atomic E-state index is 9.03. The Balaban J connectivity index is 0. The van der Waals surface area contributed by atoms with Crippen LogP contribution in [0.5, 0.6) is 0 Å². The molecular formula is C8H19O2PS2Zn. The van der Waals surface area contributed by atoms with Crippen molar-refractivity contribution in [1.29, 1.82) is 0 Å². The molecular weight excluding hydrogens is 289 g/mol. The molecule has 0 aliphatic rings. The Hall–Kier alpha value is 1.54. The predicted octanol–water partition coefficient (Wildman–Crippen LogP) is 3.14. The van der Waals surface area contributed by atoms with Gasteiger partial charge in [-0.1, -0.05) is 44.5 Å². The van der Waals surface area contributed by atoms with Gasteiger partial charge in [0.05, 0.1) is 0 Å². The standard InChI is InChI=1S/C8H19O2PS2.Zn/c1-3-5-6-8(4-2)7-13-11(9,10)12;/h8H,3-7H2,1-2H3,(H2,9,10,12);. The van der Waals surface area contributed by atoms with E-state index in [9.17, 15) is 0 Å². The fourth-order valence-electron chi connectivity index (χ4n) is 1.10. The summed E-state index contributed by atoms with van der Waals surface area (Å²) in [5, 5.41) is 0. The van der Waals surface area contributed by atoms with Crippen molar-refractivity contribution in [1.82, 2.24) is 0 Å². The molecule has 0 saturated heterocycles. The second kappa shape index (κ2) is 9.75. The predicted molar refractivity (Wildman–Crippen MR) is 64.5 cm³/mol. The molecule has 2 N–H and O–H groups in total. The van der Waals surface area contributed by atoms with Gasteiger partial charge in [-0.15, -0.1) is 0 Å². The van der Waals surface area contributed by atoms with Gasteiger partial charge in [0.2, 0.25) is 5.69 Å².